The van der Waals surface area contributed by atoms with E-state index in [0.717, 1.165) is 6.20 Å². The van der Waals surface area contributed by atoms with Gasteiger partial charge in [-0.15, -0.1) is 0 Å². The van der Waals surface area contributed by atoms with Gasteiger partial charge in [0.1, 0.15) is 6.67 Å². The van der Waals surface area contributed by atoms with E-state index in [9.17, 15) is 9.90 Å². The normalized spacial score (nSPS) is 13.6. The summed E-state index contributed by atoms with van der Waals surface area (Å²) in [6, 6.07) is 0. The molecule has 1 aromatic heterocycles. The van der Waals surface area contributed by atoms with Gasteiger partial charge in [0, 0.05) is 12.4 Å². The average molecular weight is 229 g/mol. The SMILES string of the molecule is Nc1c(C(=O)[O-])cnn1N1C=CC=NC1.[Na+]. The summed E-state index contributed by atoms with van der Waals surface area (Å²) in [5.41, 5.74) is 5.46. The number of hydrogen-bond acceptors (Lipinski definition) is 6. The molecule has 2 N–H and O–H groups in total. The maximum absolute atomic E-state index is 10.6. The van der Waals surface area contributed by atoms with Crippen LogP contribution in [0.3, 0.4) is 0 Å². The molecule has 7 nitrogen and oxygen atoms in total. The first-order valence-electron chi connectivity index (χ1n) is 4.18. The summed E-state index contributed by atoms with van der Waals surface area (Å²) >= 11 is 0. The molecule has 1 aromatic rings. The van der Waals surface area contributed by atoms with Crippen molar-refractivity contribution in [3.8, 4) is 0 Å². The van der Waals surface area contributed by atoms with Crippen LogP contribution in [-0.4, -0.2) is 28.7 Å². The Morgan fingerprint density at radius 3 is 2.81 bits per heavy atom. The third-order valence-electron chi connectivity index (χ3n) is 1.93. The number of nitrogens with zero attached hydrogens (tertiary/aromatic N) is 4. The Morgan fingerprint density at radius 1 is 1.56 bits per heavy atom. The second-order valence-corrected chi connectivity index (χ2v) is 2.87. The van der Waals surface area contributed by atoms with Crippen molar-refractivity contribution in [3.63, 3.8) is 0 Å². The fourth-order valence-corrected chi connectivity index (χ4v) is 1.21. The summed E-state index contributed by atoms with van der Waals surface area (Å²) in [4.78, 5) is 15.8. The molecule has 0 atom stereocenters. The number of aromatic carboxylic acids is 1. The van der Waals surface area contributed by atoms with E-state index in [4.69, 9.17) is 5.73 Å². The first kappa shape index (κ1) is 12.8. The van der Waals surface area contributed by atoms with Gasteiger partial charge in [-0.2, -0.15) is 9.89 Å². The largest absolute Gasteiger partial charge is 1.00 e. The smallest absolute Gasteiger partial charge is 0.545 e. The number of anilines is 1. The molecular formula is C8H8N5NaO2. The number of carboxylic acids is 1. The van der Waals surface area contributed by atoms with Gasteiger partial charge in [-0.05, 0) is 6.08 Å². The molecule has 0 unspecified atom stereocenters. The molecule has 0 spiro atoms. The number of rotatable bonds is 2. The van der Waals surface area contributed by atoms with Crippen LogP contribution < -0.4 is 45.4 Å². The predicted octanol–water partition coefficient (Wildman–Crippen LogP) is -4.67. The zero-order valence-corrected chi connectivity index (χ0v) is 10.7. The van der Waals surface area contributed by atoms with E-state index in [1.165, 1.54) is 4.79 Å². The van der Waals surface area contributed by atoms with Gasteiger partial charge in [-0.1, -0.05) is 0 Å². The zero-order valence-electron chi connectivity index (χ0n) is 8.70. The van der Waals surface area contributed by atoms with E-state index < -0.39 is 5.97 Å². The molecular weight excluding hydrogens is 221 g/mol. The van der Waals surface area contributed by atoms with Gasteiger partial charge in [0.2, 0.25) is 0 Å². The van der Waals surface area contributed by atoms with Gasteiger partial charge in [-0.25, -0.2) is 5.01 Å². The molecule has 0 aliphatic carbocycles. The maximum Gasteiger partial charge on any atom is 1.00 e. The molecule has 0 fully saturated rings. The first-order chi connectivity index (χ1) is 7.20. The molecule has 0 radical (unpaired) electrons. The fraction of sp³-hybridized carbons (Fsp3) is 0.125. The van der Waals surface area contributed by atoms with Crippen LogP contribution in [0.5, 0.6) is 0 Å². The minimum atomic E-state index is -1.34. The van der Waals surface area contributed by atoms with Crippen molar-refractivity contribution in [1.29, 1.82) is 0 Å². The van der Waals surface area contributed by atoms with Crippen LogP contribution in [-0.2, 0) is 0 Å². The molecule has 78 valence electrons. The molecule has 0 saturated heterocycles. The van der Waals surface area contributed by atoms with Gasteiger partial charge in [0.25, 0.3) is 0 Å². The number of nitrogens with two attached hydrogens (primary N) is 1. The van der Waals surface area contributed by atoms with Crippen molar-refractivity contribution in [2.45, 2.75) is 0 Å². The average Bonchev–Trinajstić information content (AvgIpc) is 2.61. The monoisotopic (exact) mass is 229 g/mol. The number of aromatic nitrogens is 2. The molecule has 0 amide bonds. The van der Waals surface area contributed by atoms with Crippen molar-refractivity contribution >= 4 is 18.0 Å². The van der Waals surface area contributed by atoms with Crippen LogP contribution >= 0.6 is 0 Å². The van der Waals surface area contributed by atoms with Gasteiger partial charge in [0.05, 0.1) is 17.7 Å². The van der Waals surface area contributed by atoms with Crippen molar-refractivity contribution in [2.24, 2.45) is 4.99 Å². The summed E-state index contributed by atoms with van der Waals surface area (Å²) in [6.07, 6.45) is 6.17. The Bertz CT molecular complexity index is 453. The number of carbonyl (C=O) groups is 1. The third kappa shape index (κ3) is 2.26. The van der Waals surface area contributed by atoms with E-state index in [1.807, 2.05) is 0 Å². The molecule has 2 rings (SSSR count). The molecule has 0 saturated carbocycles. The maximum atomic E-state index is 10.6. The van der Waals surface area contributed by atoms with Crippen LogP contribution in [0.15, 0.2) is 23.5 Å². The second-order valence-electron chi connectivity index (χ2n) is 2.87. The van der Waals surface area contributed by atoms with Gasteiger partial charge in [-0.3, -0.25) is 4.99 Å². The summed E-state index contributed by atoms with van der Waals surface area (Å²) in [7, 11) is 0. The van der Waals surface area contributed by atoms with Crippen LogP contribution in [0, 0.1) is 0 Å². The van der Waals surface area contributed by atoms with Crippen molar-refractivity contribution in [1.82, 2.24) is 9.89 Å². The molecule has 8 heteroatoms. The Kier molecular flexibility index (Phi) is 4.11. The molecule has 2 heterocycles. The molecule has 1 aliphatic rings. The second kappa shape index (κ2) is 5.15. The third-order valence-corrected chi connectivity index (χ3v) is 1.93. The molecule has 16 heavy (non-hydrogen) atoms. The van der Waals surface area contributed by atoms with Crippen LogP contribution in [0.2, 0.25) is 0 Å². The van der Waals surface area contributed by atoms with Crippen molar-refractivity contribution in [3.05, 3.63) is 24.0 Å². The topological polar surface area (TPSA) is 99.6 Å². The van der Waals surface area contributed by atoms with Crippen LogP contribution in [0.4, 0.5) is 5.82 Å². The van der Waals surface area contributed by atoms with Gasteiger partial charge < -0.3 is 15.6 Å². The number of aliphatic imine (C=N–C) groups is 1. The fourth-order valence-electron chi connectivity index (χ4n) is 1.21. The van der Waals surface area contributed by atoms with E-state index >= 15 is 0 Å². The summed E-state index contributed by atoms with van der Waals surface area (Å²) in [6.45, 7) is 0.342. The predicted molar refractivity (Wildman–Crippen MR) is 51.7 cm³/mol. The van der Waals surface area contributed by atoms with Crippen LogP contribution in [0.25, 0.3) is 0 Å². The van der Waals surface area contributed by atoms with Gasteiger partial charge >= 0.3 is 29.6 Å². The minimum absolute atomic E-state index is 0. The number of hydrogen-bond donors (Lipinski definition) is 1. The number of carboxylic acid groups (broad SMARTS) is 1. The quantitative estimate of drug-likeness (QED) is 0.514. The first-order valence-corrected chi connectivity index (χ1v) is 4.18. The van der Waals surface area contributed by atoms with Gasteiger partial charge in [0.15, 0.2) is 5.82 Å². The number of nitrogen functional groups attached to an aromatic ring is 1. The zero-order chi connectivity index (χ0) is 10.8. The number of carbonyl (C=O) groups excluding carboxylic acids is 1. The minimum Gasteiger partial charge on any atom is -0.545 e. The summed E-state index contributed by atoms with van der Waals surface area (Å²) < 4.78 is 0. The standard InChI is InChI=1S/C8H9N5O2.Na/c9-7-6(8(14)15)4-11-13(7)12-3-1-2-10-5-12;/h1-4H,5,9H2,(H,14,15);/q;+1/p-1. The van der Waals surface area contributed by atoms with E-state index in [2.05, 4.69) is 10.1 Å². The summed E-state index contributed by atoms with van der Waals surface area (Å²) in [5.74, 6) is -1.32. The molecule has 1 aliphatic heterocycles. The Balaban J connectivity index is 0.00000128. The summed E-state index contributed by atoms with van der Waals surface area (Å²) in [5, 5.41) is 16.0. The number of allylic oxidation sites excluding steroid dienone is 1. The Hall–Kier alpha value is -1.31. The molecule has 0 aromatic carbocycles. The Labute approximate surface area is 114 Å². The van der Waals surface area contributed by atoms with E-state index in [0.29, 0.717) is 6.67 Å². The van der Waals surface area contributed by atoms with Crippen LogP contribution in [0.1, 0.15) is 10.4 Å². The van der Waals surface area contributed by atoms with E-state index in [1.54, 1.807) is 23.5 Å². The molecule has 0 bridgehead atoms. The Morgan fingerprint density at radius 2 is 2.31 bits per heavy atom. The van der Waals surface area contributed by atoms with Crippen molar-refractivity contribution in [2.75, 3.05) is 17.4 Å². The van der Waals surface area contributed by atoms with Crippen molar-refractivity contribution < 1.29 is 39.5 Å². The van der Waals surface area contributed by atoms with E-state index in [-0.39, 0.29) is 40.9 Å².